The van der Waals surface area contributed by atoms with Crippen LogP contribution in [0.4, 0.5) is 18.9 Å². The molecule has 3 aromatic carbocycles. The highest BCUT2D eigenvalue weighted by Crippen LogP contribution is 2.41. The lowest BCUT2D eigenvalue weighted by molar-refractivity contribution is -0.228. The number of halogens is 3. The summed E-state index contributed by atoms with van der Waals surface area (Å²) >= 11 is 0. The van der Waals surface area contributed by atoms with Crippen molar-refractivity contribution in [1.82, 2.24) is 10.2 Å². The molecule has 2 atom stereocenters. The highest BCUT2D eigenvalue weighted by atomic mass is 19.4. The summed E-state index contributed by atoms with van der Waals surface area (Å²) in [6.45, 7) is 0. The van der Waals surface area contributed by atoms with Gasteiger partial charge in [0, 0.05) is 26.8 Å². The van der Waals surface area contributed by atoms with Crippen molar-refractivity contribution >= 4 is 17.6 Å². The quantitative estimate of drug-likeness (QED) is 0.414. The van der Waals surface area contributed by atoms with E-state index in [0.29, 0.717) is 11.1 Å². The number of amides is 1. The Hall–Kier alpha value is -3.89. The molecule has 0 saturated carbocycles. The molecule has 0 spiro atoms. The van der Waals surface area contributed by atoms with Crippen LogP contribution in [0.1, 0.15) is 11.1 Å². The van der Waals surface area contributed by atoms with Crippen LogP contribution >= 0.6 is 0 Å². The van der Waals surface area contributed by atoms with Gasteiger partial charge in [0.1, 0.15) is 0 Å². The van der Waals surface area contributed by atoms with E-state index in [4.69, 9.17) is 5.73 Å². The SMILES string of the molecule is CN(C)c1ccc(-c2cccc(C3(c4ccccc4)NC(N)(OC(=O)C(F)(F)F)N(C)C3=O)c2)cc1. The van der Waals surface area contributed by atoms with E-state index in [1.54, 1.807) is 48.5 Å². The Morgan fingerprint density at radius 3 is 2.14 bits per heavy atom. The molecule has 3 aromatic rings. The number of carbonyl (C=O) groups excluding carboxylic acids is 2. The number of esters is 1. The molecule has 2 unspecified atom stereocenters. The smallest absolute Gasteiger partial charge is 0.404 e. The molecular weight excluding hydrogens is 473 g/mol. The van der Waals surface area contributed by atoms with E-state index in [0.717, 1.165) is 21.7 Å². The number of benzene rings is 3. The molecular formula is C26H25F3N4O3. The Kier molecular flexibility index (Phi) is 6.27. The topological polar surface area (TPSA) is 87.9 Å². The Balaban J connectivity index is 1.84. The van der Waals surface area contributed by atoms with Crippen LogP contribution in [0.3, 0.4) is 0 Å². The zero-order chi connectivity index (χ0) is 26.3. The summed E-state index contributed by atoms with van der Waals surface area (Å²) in [6.07, 6.45) is -5.30. The van der Waals surface area contributed by atoms with Gasteiger partial charge >= 0.3 is 18.1 Å². The minimum absolute atomic E-state index is 0.412. The van der Waals surface area contributed by atoms with E-state index in [-0.39, 0.29) is 0 Å². The highest BCUT2D eigenvalue weighted by molar-refractivity contribution is 5.95. The van der Waals surface area contributed by atoms with Crippen molar-refractivity contribution in [2.75, 3.05) is 26.0 Å². The largest absolute Gasteiger partial charge is 0.491 e. The van der Waals surface area contributed by atoms with E-state index in [9.17, 15) is 22.8 Å². The predicted molar refractivity (Wildman–Crippen MR) is 128 cm³/mol. The third-order valence-electron chi connectivity index (χ3n) is 6.19. The zero-order valence-corrected chi connectivity index (χ0v) is 19.8. The van der Waals surface area contributed by atoms with Gasteiger partial charge in [0.05, 0.1) is 0 Å². The van der Waals surface area contributed by atoms with Gasteiger partial charge in [0.15, 0.2) is 5.54 Å². The second-order valence-electron chi connectivity index (χ2n) is 8.71. The van der Waals surface area contributed by atoms with Gasteiger partial charge in [-0.05, 0) is 40.5 Å². The van der Waals surface area contributed by atoms with Crippen LogP contribution in [-0.4, -0.2) is 50.1 Å². The maximum Gasteiger partial charge on any atom is 0.491 e. The molecule has 7 nitrogen and oxygen atoms in total. The van der Waals surface area contributed by atoms with Crippen LogP contribution in [0, 0.1) is 0 Å². The summed E-state index contributed by atoms with van der Waals surface area (Å²) < 4.78 is 43.6. The second kappa shape index (κ2) is 8.96. The molecule has 36 heavy (non-hydrogen) atoms. The lowest BCUT2D eigenvalue weighted by Crippen LogP contribution is -2.64. The summed E-state index contributed by atoms with van der Waals surface area (Å²) in [5.41, 5.74) is 7.82. The first-order valence-corrected chi connectivity index (χ1v) is 11.0. The van der Waals surface area contributed by atoms with Crippen molar-refractivity contribution in [3.8, 4) is 11.1 Å². The summed E-state index contributed by atoms with van der Waals surface area (Å²) in [5, 5.41) is 2.72. The predicted octanol–water partition coefficient (Wildman–Crippen LogP) is 3.40. The Labute approximate surface area is 206 Å². The number of hydrogen-bond donors (Lipinski definition) is 2. The summed E-state index contributed by atoms with van der Waals surface area (Å²) in [5.74, 6) is -5.76. The Bertz CT molecular complexity index is 1280. The maximum absolute atomic E-state index is 13.7. The number of carbonyl (C=O) groups is 2. The van der Waals surface area contributed by atoms with Crippen molar-refractivity contribution in [3.05, 3.63) is 90.0 Å². The van der Waals surface area contributed by atoms with Crippen molar-refractivity contribution in [2.24, 2.45) is 5.73 Å². The minimum atomic E-state index is -5.30. The summed E-state index contributed by atoms with van der Waals surface area (Å²) in [7, 11) is 5.03. The van der Waals surface area contributed by atoms with E-state index in [1.165, 1.54) is 7.05 Å². The molecule has 0 radical (unpaired) electrons. The third kappa shape index (κ3) is 4.29. The highest BCUT2D eigenvalue weighted by Gasteiger charge is 2.62. The number of likely N-dealkylation sites (N-methyl/N-ethyl adjacent to an activating group) is 1. The molecule has 0 aromatic heterocycles. The molecule has 10 heteroatoms. The van der Waals surface area contributed by atoms with Crippen LogP contribution in [-0.2, 0) is 19.9 Å². The average Bonchev–Trinajstić information content (AvgIpc) is 3.06. The first kappa shape index (κ1) is 25.2. The molecule has 1 fully saturated rings. The van der Waals surface area contributed by atoms with Crippen molar-refractivity contribution in [1.29, 1.82) is 0 Å². The van der Waals surface area contributed by atoms with Gasteiger partial charge in [-0.2, -0.15) is 13.2 Å². The molecule has 1 amide bonds. The Morgan fingerprint density at radius 1 is 0.944 bits per heavy atom. The molecule has 1 aliphatic heterocycles. The fraction of sp³-hybridized carbons (Fsp3) is 0.231. The van der Waals surface area contributed by atoms with Gasteiger partial charge in [0.25, 0.3) is 5.91 Å². The minimum Gasteiger partial charge on any atom is -0.404 e. The third-order valence-corrected chi connectivity index (χ3v) is 6.19. The number of alkyl halides is 3. The first-order chi connectivity index (χ1) is 16.9. The lowest BCUT2D eigenvalue weighted by atomic mass is 9.81. The van der Waals surface area contributed by atoms with Crippen LogP contribution in [0.2, 0.25) is 0 Å². The number of nitrogens with zero attached hydrogens (tertiary/aromatic N) is 2. The molecule has 0 bridgehead atoms. The second-order valence-corrected chi connectivity index (χ2v) is 8.71. The molecule has 4 rings (SSSR count). The van der Waals surface area contributed by atoms with E-state index >= 15 is 0 Å². The number of ether oxygens (including phenoxy) is 1. The number of hydrogen-bond acceptors (Lipinski definition) is 6. The molecule has 1 aliphatic rings. The number of nitrogens with two attached hydrogens (primary N) is 1. The van der Waals surface area contributed by atoms with Gasteiger partial charge in [-0.25, -0.2) is 10.1 Å². The van der Waals surface area contributed by atoms with Gasteiger partial charge in [-0.3, -0.25) is 15.4 Å². The summed E-state index contributed by atoms with van der Waals surface area (Å²) in [6, 6.07) is 23.2. The fourth-order valence-electron chi connectivity index (χ4n) is 4.23. The van der Waals surface area contributed by atoms with Crippen LogP contribution < -0.4 is 16.0 Å². The van der Waals surface area contributed by atoms with Gasteiger partial charge in [-0.15, -0.1) is 0 Å². The number of anilines is 1. The standard InChI is InChI=1S/C26H25F3N4O3/c1-32(2)21-14-12-17(13-15-21)18-8-7-11-20(16-18)24(19-9-5-4-6-10-19)22(34)33(3)26(30,31-24)36-23(35)25(27,28)29/h4-16,31H,30H2,1-3H3. The van der Waals surface area contributed by atoms with E-state index < -0.39 is 29.6 Å². The zero-order valence-electron chi connectivity index (χ0n) is 19.8. The molecule has 188 valence electrons. The monoisotopic (exact) mass is 498 g/mol. The van der Waals surface area contributed by atoms with Gasteiger partial charge in [0.2, 0.25) is 0 Å². The fourth-order valence-corrected chi connectivity index (χ4v) is 4.23. The van der Waals surface area contributed by atoms with E-state index in [1.807, 2.05) is 49.3 Å². The van der Waals surface area contributed by atoms with E-state index in [2.05, 4.69) is 10.1 Å². The van der Waals surface area contributed by atoms with Crippen LogP contribution in [0.5, 0.6) is 0 Å². The van der Waals surface area contributed by atoms with Crippen LogP contribution in [0.25, 0.3) is 11.1 Å². The average molecular weight is 499 g/mol. The summed E-state index contributed by atoms with van der Waals surface area (Å²) in [4.78, 5) is 28.1. The van der Waals surface area contributed by atoms with Gasteiger partial charge < -0.3 is 9.64 Å². The van der Waals surface area contributed by atoms with Crippen molar-refractivity contribution in [3.63, 3.8) is 0 Å². The number of nitrogens with one attached hydrogen (secondary N) is 1. The van der Waals surface area contributed by atoms with Crippen LogP contribution in [0.15, 0.2) is 78.9 Å². The molecule has 3 N–H and O–H groups in total. The van der Waals surface area contributed by atoms with Crippen molar-refractivity contribution < 1.29 is 27.5 Å². The molecule has 0 aliphatic carbocycles. The number of rotatable bonds is 5. The van der Waals surface area contributed by atoms with Crippen molar-refractivity contribution in [2.45, 2.75) is 17.7 Å². The lowest BCUT2D eigenvalue weighted by Gasteiger charge is -2.32. The molecule has 1 saturated heterocycles. The molecule has 1 heterocycles. The normalized spacial score (nSPS) is 22.0. The first-order valence-electron chi connectivity index (χ1n) is 11.0. The maximum atomic E-state index is 13.7. The van der Waals surface area contributed by atoms with Gasteiger partial charge in [-0.1, -0.05) is 60.7 Å². The Morgan fingerprint density at radius 2 is 1.56 bits per heavy atom.